The van der Waals surface area contributed by atoms with Crippen LogP contribution in [0.25, 0.3) is 0 Å². The third-order valence-corrected chi connectivity index (χ3v) is 5.96. The molecule has 0 saturated carbocycles. The van der Waals surface area contributed by atoms with Crippen LogP contribution in [0.15, 0.2) is 0 Å². The quantitative estimate of drug-likeness (QED) is 0.769. The van der Waals surface area contributed by atoms with E-state index in [-0.39, 0.29) is 6.54 Å². The first-order valence-corrected chi connectivity index (χ1v) is 8.48. The maximum absolute atomic E-state index is 12.5. The number of aliphatic carboxylic acids is 1. The Morgan fingerprint density at radius 2 is 1.80 bits per heavy atom. The van der Waals surface area contributed by atoms with Gasteiger partial charge in [-0.3, -0.25) is 9.69 Å². The van der Waals surface area contributed by atoms with Crippen LogP contribution in [-0.2, 0) is 15.0 Å². The van der Waals surface area contributed by atoms with Crippen molar-refractivity contribution in [2.24, 2.45) is 5.92 Å². The molecule has 1 unspecified atom stereocenters. The van der Waals surface area contributed by atoms with Crippen molar-refractivity contribution in [3.63, 3.8) is 0 Å². The summed E-state index contributed by atoms with van der Waals surface area (Å²) in [6, 6.07) is 0. The van der Waals surface area contributed by atoms with E-state index in [1.807, 2.05) is 0 Å². The summed E-state index contributed by atoms with van der Waals surface area (Å²) in [6.45, 7) is 4.96. The van der Waals surface area contributed by atoms with Gasteiger partial charge in [-0.1, -0.05) is 6.92 Å². The van der Waals surface area contributed by atoms with E-state index in [4.69, 9.17) is 5.11 Å². The Bertz CT molecular complexity index is 446. The molecule has 0 spiro atoms. The summed E-state index contributed by atoms with van der Waals surface area (Å²) in [5, 5.41) is 8.74. The Labute approximate surface area is 120 Å². The predicted octanol–water partition coefficient (Wildman–Crippen LogP) is -0.335. The monoisotopic (exact) mass is 305 g/mol. The number of rotatable bonds is 4. The molecule has 2 saturated heterocycles. The van der Waals surface area contributed by atoms with Crippen molar-refractivity contribution >= 4 is 16.2 Å². The lowest BCUT2D eigenvalue weighted by Gasteiger charge is -2.38. The first-order valence-electron chi connectivity index (χ1n) is 7.09. The number of hydrogen-bond acceptors (Lipinski definition) is 4. The van der Waals surface area contributed by atoms with Crippen molar-refractivity contribution in [3.8, 4) is 0 Å². The van der Waals surface area contributed by atoms with Crippen LogP contribution in [-0.4, -0.2) is 78.8 Å². The van der Waals surface area contributed by atoms with E-state index in [0.717, 1.165) is 12.8 Å². The zero-order valence-electron chi connectivity index (χ0n) is 11.9. The molecule has 7 nitrogen and oxygen atoms in total. The smallest absolute Gasteiger partial charge is 0.317 e. The third kappa shape index (κ3) is 3.69. The summed E-state index contributed by atoms with van der Waals surface area (Å²) in [5.74, 6) is -0.460. The summed E-state index contributed by atoms with van der Waals surface area (Å²) in [4.78, 5) is 12.4. The van der Waals surface area contributed by atoms with E-state index in [2.05, 4.69) is 6.92 Å². The first-order chi connectivity index (χ1) is 9.39. The van der Waals surface area contributed by atoms with Gasteiger partial charge in [0.05, 0.1) is 6.54 Å². The van der Waals surface area contributed by atoms with Gasteiger partial charge in [-0.15, -0.1) is 0 Å². The second-order valence-corrected chi connectivity index (χ2v) is 7.61. The summed E-state index contributed by atoms with van der Waals surface area (Å²) in [6.07, 6.45) is 2.00. The number of piperidine rings is 1. The lowest BCUT2D eigenvalue weighted by molar-refractivity contribution is -0.138. The minimum Gasteiger partial charge on any atom is -0.480 e. The Morgan fingerprint density at radius 1 is 1.15 bits per heavy atom. The average molecular weight is 305 g/mol. The van der Waals surface area contributed by atoms with E-state index in [1.165, 1.54) is 4.31 Å². The molecule has 2 heterocycles. The van der Waals surface area contributed by atoms with Crippen molar-refractivity contribution in [1.82, 2.24) is 13.5 Å². The van der Waals surface area contributed by atoms with Crippen LogP contribution >= 0.6 is 0 Å². The molecule has 0 aromatic rings. The Hall–Kier alpha value is -0.700. The zero-order valence-corrected chi connectivity index (χ0v) is 12.7. The third-order valence-electron chi connectivity index (χ3n) is 3.96. The van der Waals surface area contributed by atoms with Gasteiger partial charge in [0.1, 0.15) is 0 Å². The van der Waals surface area contributed by atoms with E-state index in [0.29, 0.717) is 45.2 Å². The molecule has 0 aliphatic carbocycles. The molecule has 0 amide bonds. The first kappa shape index (κ1) is 15.7. The van der Waals surface area contributed by atoms with Crippen LogP contribution in [0, 0.1) is 5.92 Å². The van der Waals surface area contributed by atoms with Crippen LogP contribution in [0.4, 0.5) is 0 Å². The van der Waals surface area contributed by atoms with Crippen LogP contribution in [0.3, 0.4) is 0 Å². The number of piperazine rings is 1. The summed E-state index contributed by atoms with van der Waals surface area (Å²) >= 11 is 0. The molecular formula is C12H23N3O4S. The highest BCUT2D eigenvalue weighted by molar-refractivity contribution is 7.86. The molecule has 20 heavy (non-hydrogen) atoms. The minimum absolute atomic E-state index is 0.0192. The molecule has 1 atom stereocenters. The van der Waals surface area contributed by atoms with Gasteiger partial charge in [0.2, 0.25) is 0 Å². The molecule has 2 fully saturated rings. The highest BCUT2D eigenvalue weighted by atomic mass is 32.2. The fourth-order valence-corrected chi connectivity index (χ4v) is 4.58. The maximum Gasteiger partial charge on any atom is 0.317 e. The number of nitrogens with zero attached hydrogens (tertiary/aromatic N) is 3. The van der Waals surface area contributed by atoms with Gasteiger partial charge in [0.15, 0.2) is 0 Å². The highest BCUT2D eigenvalue weighted by Gasteiger charge is 2.34. The maximum atomic E-state index is 12.5. The molecule has 0 aromatic heterocycles. The number of carboxylic acid groups (broad SMARTS) is 1. The number of hydrogen-bond donors (Lipinski definition) is 1. The van der Waals surface area contributed by atoms with Crippen molar-refractivity contribution in [2.75, 3.05) is 45.8 Å². The Morgan fingerprint density at radius 3 is 2.35 bits per heavy atom. The zero-order chi connectivity index (χ0) is 14.8. The van der Waals surface area contributed by atoms with Gasteiger partial charge in [-0.05, 0) is 18.8 Å². The van der Waals surface area contributed by atoms with Gasteiger partial charge in [-0.25, -0.2) is 0 Å². The molecule has 2 rings (SSSR count). The fourth-order valence-electron chi connectivity index (χ4n) is 2.83. The van der Waals surface area contributed by atoms with E-state index in [1.54, 1.807) is 9.21 Å². The van der Waals surface area contributed by atoms with Crippen LogP contribution in [0.2, 0.25) is 0 Å². The van der Waals surface area contributed by atoms with Crippen molar-refractivity contribution < 1.29 is 18.3 Å². The van der Waals surface area contributed by atoms with Gasteiger partial charge in [-0.2, -0.15) is 17.0 Å². The fraction of sp³-hybridized carbons (Fsp3) is 0.917. The van der Waals surface area contributed by atoms with Crippen LogP contribution < -0.4 is 0 Å². The van der Waals surface area contributed by atoms with Crippen molar-refractivity contribution in [2.45, 2.75) is 19.8 Å². The lowest BCUT2D eigenvalue weighted by atomic mass is 10.0. The second kappa shape index (κ2) is 6.38. The minimum atomic E-state index is -3.38. The molecule has 0 radical (unpaired) electrons. The Balaban J connectivity index is 1.93. The van der Waals surface area contributed by atoms with Gasteiger partial charge < -0.3 is 5.11 Å². The van der Waals surface area contributed by atoms with Crippen LogP contribution in [0.5, 0.6) is 0 Å². The molecule has 116 valence electrons. The summed E-state index contributed by atoms with van der Waals surface area (Å²) in [7, 11) is -3.38. The summed E-state index contributed by atoms with van der Waals surface area (Å²) in [5.41, 5.74) is 0. The topological polar surface area (TPSA) is 81.2 Å². The molecule has 1 N–H and O–H groups in total. The predicted molar refractivity (Wildman–Crippen MR) is 74.5 cm³/mol. The largest absolute Gasteiger partial charge is 0.480 e. The molecular weight excluding hydrogens is 282 g/mol. The number of carbonyl (C=O) groups is 1. The van der Waals surface area contributed by atoms with E-state index >= 15 is 0 Å². The number of carboxylic acids is 1. The normalized spacial score (nSPS) is 27.6. The van der Waals surface area contributed by atoms with Crippen molar-refractivity contribution in [3.05, 3.63) is 0 Å². The molecule has 2 aliphatic rings. The average Bonchev–Trinajstić information content (AvgIpc) is 2.38. The van der Waals surface area contributed by atoms with Gasteiger partial charge in [0, 0.05) is 39.3 Å². The molecule has 0 bridgehead atoms. The van der Waals surface area contributed by atoms with Crippen molar-refractivity contribution in [1.29, 1.82) is 0 Å². The lowest BCUT2D eigenvalue weighted by Crippen LogP contribution is -2.55. The van der Waals surface area contributed by atoms with E-state index < -0.39 is 16.2 Å². The highest BCUT2D eigenvalue weighted by Crippen LogP contribution is 2.21. The van der Waals surface area contributed by atoms with Gasteiger partial charge in [0.25, 0.3) is 10.2 Å². The molecule has 0 aromatic carbocycles. The SMILES string of the molecule is CC1CCCN(S(=O)(=O)N2CCN(CC(=O)O)CC2)C1. The summed E-state index contributed by atoms with van der Waals surface area (Å²) < 4.78 is 28.1. The molecule has 8 heteroatoms. The Kier molecular flexibility index (Phi) is 5.00. The second-order valence-electron chi connectivity index (χ2n) is 5.68. The standard InChI is InChI=1S/C12H23N3O4S/c1-11-3-2-4-15(9-11)20(18,19)14-7-5-13(6-8-14)10-12(16)17/h11H,2-10H2,1H3,(H,16,17). The molecule has 2 aliphatic heterocycles. The van der Waals surface area contributed by atoms with Gasteiger partial charge >= 0.3 is 5.97 Å². The van der Waals surface area contributed by atoms with E-state index in [9.17, 15) is 13.2 Å². The van der Waals surface area contributed by atoms with Crippen LogP contribution in [0.1, 0.15) is 19.8 Å².